The van der Waals surface area contributed by atoms with E-state index in [2.05, 4.69) is 0 Å². The average molecular weight is 233 g/mol. The molecule has 1 atom stereocenters. The van der Waals surface area contributed by atoms with Crippen LogP contribution in [0, 0.1) is 0 Å². The van der Waals surface area contributed by atoms with Crippen LogP contribution in [-0.2, 0) is 0 Å². The number of aromatic hydroxyl groups is 1. The van der Waals surface area contributed by atoms with Gasteiger partial charge in [-0.2, -0.15) is 0 Å². The molecule has 15 heavy (non-hydrogen) atoms. The molecule has 1 aromatic rings. The summed E-state index contributed by atoms with van der Waals surface area (Å²) < 4.78 is 4.98. The van der Waals surface area contributed by atoms with Gasteiger partial charge in [0, 0.05) is 11.6 Å². The van der Waals surface area contributed by atoms with Gasteiger partial charge in [0.25, 0.3) is 0 Å². The molecule has 0 heterocycles. The zero-order valence-electron chi connectivity index (χ0n) is 8.64. The molecule has 5 N–H and O–H groups in total. The Morgan fingerprint density at radius 2 is 2.13 bits per heavy atom. The van der Waals surface area contributed by atoms with Crippen LogP contribution >= 0.6 is 12.4 Å². The highest BCUT2D eigenvalue weighted by molar-refractivity contribution is 5.85. The van der Waals surface area contributed by atoms with Gasteiger partial charge in [-0.15, -0.1) is 12.4 Å². The third-order valence-corrected chi connectivity index (χ3v) is 2.13. The number of methoxy groups -OCH3 is 1. The summed E-state index contributed by atoms with van der Waals surface area (Å²) in [6.45, 7) is 0.498. The van der Waals surface area contributed by atoms with Crippen molar-refractivity contribution in [3.05, 3.63) is 23.8 Å². The van der Waals surface area contributed by atoms with Gasteiger partial charge in [0.1, 0.15) is 0 Å². The molecule has 0 aliphatic rings. The van der Waals surface area contributed by atoms with Crippen molar-refractivity contribution in [1.29, 1.82) is 0 Å². The first-order valence-electron chi connectivity index (χ1n) is 4.52. The number of benzene rings is 1. The van der Waals surface area contributed by atoms with Gasteiger partial charge in [-0.3, -0.25) is 0 Å². The SMILES string of the molecule is COc1cccc([C@H](N)CCN)c1O.Cl. The molecule has 86 valence electrons. The maximum atomic E-state index is 9.74. The maximum absolute atomic E-state index is 9.74. The van der Waals surface area contributed by atoms with E-state index in [1.54, 1.807) is 18.2 Å². The molecule has 0 unspecified atom stereocenters. The Bertz CT molecular complexity index is 307. The van der Waals surface area contributed by atoms with Crippen LogP contribution in [0.1, 0.15) is 18.0 Å². The van der Waals surface area contributed by atoms with Crippen LogP contribution in [0.4, 0.5) is 0 Å². The normalized spacial score (nSPS) is 11.7. The summed E-state index contributed by atoms with van der Waals surface area (Å²) in [5.41, 5.74) is 11.9. The number of halogens is 1. The summed E-state index contributed by atoms with van der Waals surface area (Å²) in [4.78, 5) is 0. The highest BCUT2D eigenvalue weighted by Gasteiger charge is 2.13. The summed E-state index contributed by atoms with van der Waals surface area (Å²) in [7, 11) is 1.51. The molecule has 0 aliphatic carbocycles. The summed E-state index contributed by atoms with van der Waals surface area (Å²) in [6, 6.07) is 5.02. The van der Waals surface area contributed by atoms with Crippen molar-refractivity contribution in [3.8, 4) is 11.5 Å². The summed E-state index contributed by atoms with van der Waals surface area (Å²) in [5, 5.41) is 9.74. The number of hydrogen-bond acceptors (Lipinski definition) is 4. The van der Waals surface area contributed by atoms with E-state index in [4.69, 9.17) is 16.2 Å². The number of phenols is 1. The molecule has 0 saturated carbocycles. The van der Waals surface area contributed by atoms with Gasteiger partial charge in [0.15, 0.2) is 11.5 Å². The van der Waals surface area contributed by atoms with Gasteiger partial charge >= 0.3 is 0 Å². The first kappa shape index (κ1) is 14.0. The standard InChI is InChI=1S/C10H16N2O2.ClH/c1-14-9-4-2-3-7(10(9)13)8(12)5-6-11;/h2-4,8,13H,5-6,11-12H2,1H3;1H/t8-;/m1./s1. The van der Waals surface area contributed by atoms with Crippen LogP contribution in [-0.4, -0.2) is 18.8 Å². The second-order valence-electron chi connectivity index (χ2n) is 3.08. The molecule has 0 amide bonds. The van der Waals surface area contributed by atoms with Crippen molar-refractivity contribution in [1.82, 2.24) is 0 Å². The van der Waals surface area contributed by atoms with E-state index in [0.29, 0.717) is 24.3 Å². The van der Waals surface area contributed by atoms with Gasteiger partial charge in [-0.1, -0.05) is 12.1 Å². The van der Waals surface area contributed by atoms with Crippen molar-refractivity contribution in [2.45, 2.75) is 12.5 Å². The fourth-order valence-electron chi connectivity index (χ4n) is 1.34. The Balaban J connectivity index is 0.00000196. The number of ether oxygens (including phenoxy) is 1. The molecular formula is C10H17ClN2O2. The van der Waals surface area contributed by atoms with E-state index in [1.807, 2.05) is 0 Å². The lowest BCUT2D eigenvalue weighted by molar-refractivity contribution is 0.368. The van der Waals surface area contributed by atoms with Crippen molar-refractivity contribution in [2.75, 3.05) is 13.7 Å². The van der Waals surface area contributed by atoms with Gasteiger partial charge in [-0.25, -0.2) is 0 Å². The van der Waals surface area contributed by atoms with E-state index < -0.39 is 0 Å². The molecule has 0 aliphatic heterocycles. The van der Waals surface area contributed by atoms with Crippen molar-refractivity contribution in [3.63, 3.8) is 0 Å². The highest BCUT2D eigenvalue weighted by Crippen LogP contribution is 2.33. The molecule has 0 fully saturated rings. The van der Waals surface area contributed by atoms with Crippen LogP contribution < -0.4 is 16.2 Å². The van der Waals surface area contributed by atoms with E-state index in [-0.39, 0.29) is 24.2 Å². The van der Waals surface area contributed by atoms with Gasteiger partial charge in [0.2, 0.25) is 0 Å². The van der Waals surface area contributed by atoms with Crippen molar-refractivity contribution >= 4 is 12.4 Å². The summed E-state index contributed by atoms with van der Waals surface area (Å²) in [5.74, 6) is 0.547. The van der Waals surface area contributed by atoms with E-state index in [1.165, 1.54) is 7.11 Å². The molecule has 0 spiro atoms. The Kier molecular flexibility index (Phi) is 6.08. The molecule has 0 bridgehead atoms. The number of para-hydroxylation sites is 1. The van der Waals surface area contributed by atoms with Crippen molar-refractivity contribution < 1.29 is 9.84 Å². The zero-order chi connectivity index (χ0) is 10.6. The number of hydrogen-bond donors (Lipinski definition) is 3. The van der Waals surface area contributed by atoms with Gasteiger partial charge in [0.05, 0.1) is 7.11 Å². The fraction of sp³-hybridized carbons (Fsp3) is 0.400. The van der Waals surface area contributed by atoms with Crippen LogP contribution in [0.15, 0.2) is 18.2 Å². The monoisotopic (exact) mass is 232 g/mol. The molecule has 1 aromatic carbocycles. The maximum Gasteiger partial charge on any atom is 0.162 e. The molecule has 1 rings (SSSR count). The molecular weight excluding hydrogens is 216 g/mol. The zero-order valence-corrected chi connectivity index (χ0v) is 9.46. The number of rotatable bonds is 4. The third kappa shape index (κ3) is 3.27. The first-order valence-corrected chi connectivity index (χ1v) is 4.52. The minimum absolute atomic E-state index is 0. The van der Waals surface area contributed by atoms with E-state index in [9.17, 15) is 5.11 Å². The fourth-order valence-corrected chi connectivity index (χ4v) is 1.34. The van der Waals surface area contributed by atoms with Crippen LogP contribution in [0.3, 0.4) is 0 Å². The number of phenolic OH excluding ortho intramolecular Hbond substituents is 1. The first-order chi connectivity index (χ1) is 6.70. The van der Waals surface area contributed by atoms with Crippen LogP contribution in [0.25, 0.3) is 0 Å². The Labute approximate surface area is 95.6 Å². The lowest BCUT2D eigenvalue weighted by Gasteiger charge is -2.14. The highest BCUT2D eigenvalue weighted by atomic mass is 35.5. The molecule has 0 aromatic heterocycles. The Morgan fingerprint density at radius 3 is 2.67 bits per heavy atom. The Hall–Kier alpha value is -0.970. The Morgan fingerprint density at radius 1 is 1.47 bits per heavy atom. The predicted molar refractivity (Wildman–Crippen MR) is 62.5 cm³/mol. The predicted octanol–water partition coefficient (Wildman–Crippen LogP) is 1.17. The average Bonchev–Trinajstić information content (AvgIpc) is 2.18. The second kappa shape index (κ2) is 6.50. The second-order valence-corrected chi connectivity index (χ2v) is 3.08. The van der Waals surface area contributed by atoms with Crippen LogP contribution in [0.5, 0.6) is 11.5 Å². The van der Waals surface area contributed by atoms with E-state index in [0.717, 1.165) is 0 Å². The van der Waals surface area contributed by atoms with Crippen molar-refractivity contribution in [2.24, 2.45) is 11.5 Å². The molecule has 0 saturated heterocycles. The summed E-state index contributed by atoms with van der Waals surface area (Å²) >= 11 is 0. The quantitative estimate of drug-likeness (QED) is 0.728. The minimum Gasteiger partial charge on any atom is -0.504 e. The van der Waals surface area contributed by atoms with Crippen LogP contribution in [0.2, 0.25) is 0 Å². The molecule has 0 radical (unpaired) electrons. The minimum atomic E-state index is -0.241. The lowest BCUT2D eigenvalue weighted by atomic mass is 10.0. The lowest BCUT2D eigenvalue weighted by Crippen LogP contribution is -2.15. The molecule has 4 nitrogen and oxygen atoms in total. The summed E-state index contributed by atoms with van der Waals surface area (Å²) in [6.07, 6.45) is 0.640. The van der Waals surface area contributed by atoms with E-state index >= 15 is 0 Å². The third-order valence-electron chi connectivity index (χ3n) is 2.13. The van der Waals surface area contributed by atoms with Gasteiger partial charge < -0.3 is 21.3 Å². The smallest absolute Gasteiger partial charge is 0.162 e. The van der Waals surface area contributed by atoms with Gasteiger partial charge in [-0.05, 0) is 19.0 Å². The molecule has 5 heteroatoms. The topological polar surface area (TPSA) is 81.5 Å². The number of nitrogens with two attached hydrogens (primary N) is 2. The largest absolute Gasteiger partial charge is 0.504 e.